The number of aromatic nitrogens is 1. The zero-order valence-electron chi connectivity index (χ0n) is 12.2. The molecule has 1 N–H and O–H groups in total. The largest absolute Gasteiger partial charge is 0.349 e. The highest BCUT2D eigenvalue weighted by molar-refractivity contribution is 7.89. The number of sulfonamides is 1. The fraction of sp³-hybridized carbons (Fsp3) is 0.692. The van der Waals surface area contributed by atoms with Crippen LogP contribution < -0.4 is 5.32 Å². The normalized spacial score (nSPS) is 16.1. The van der Waals surface area contributed by atoms with E-state index < -0.39 is 23.0 Å². The third kappa shape index (κ3) is 4.02. The lowest BCUT2D eigenvalue weighted by Gasteiger charge is -2.15. The van der Waals surface area contributed by atoms with E-state index in [9.17, 15) is 17.2 Å². The maximum absolute atomic E-state index is 12.4. The number of alkyl halides is 2. The Morgan fingerprint density at radius 3 is 2.67 bits per heavy atom. The molecule has 0 amide bonds. The summed E-state index contributed by atoms with van der Waals surface area (Å²) in [4.78, 5) is 0.0695. The second kappa shape index (κ2) is 6.41. The van der Waals surface area contributed by atoms with Crippen LogP contribution in [0.15, 0.2) is 17.2 Å². The van der Waals surface area contributed by atoms with E-state index in [1.165, 1.54) is 13.2 Å². The van der Waals surface area contributed by atoms with Gasteiger partial charge in [0, 0.05) is 38.1 Å². The molecule has 5 nitrogen and oxygen atoms in total. The lowest BCUT2D eigenvalue weighted by atomic mass is 10.4. The zero-order valence-corrected chi connectivity index (χ0v) is 13.0. The first-order valence-corrected chi connectivity index (χ1v) is 8.45. The van der Waals surface area contributed by atoms with Gasteiger partial charge in [0.15, 0.2) is 0 Å². The molecule has 0 aliphatic heterocycles. The van der Waals surface area contributed by atoms with Crippen molar-refractivity contribution in [3.63, 3.8) is 0 Å². The molecule has 1 aliphatic carbocycles. The van der Waals surface area contributed by atoms with Gasteiger partial charge in [0.25, 0.3) is 6.43 Å². The van der Waals surface area contributed by atoms with E-state index in [-0.39, 0.29) is 4.90 Å². The van der Waals surface area contributed by atoms with Crippen molar-refractivity contribution in [3.05, 3.63) is 18.0 Å². The second-order valence-electron chi connectivity index (χ2n) is 5.28. The van der Waals surface area contributed by atoms with Gasteiger partial charge in [-0.1, -0.05) is 0 Å². The lowest BCUT2D eigenvalue weighted by Crippen LogP contribution is -2.31. The van der Waals surface area contributed by atoms with Gasteiger partial charge < -0.3 is 9.88 Å². The van der Waals surface area contributed by atoms with Crippen molar-refractivity contribution >= 4 is 10.0 Å². The first kappa shape index (κ1) is 16.4. The Hall–Kier alpha value is -0.990. The quantitative estimate of drug-likeness (QED) is 0.792. The summed E-state index contributed by atoms with van der Waals surface area (Å²) in [7, 11) is -2.69. The van der Waals surface area contributed by atoms with Crippen molar-refractivity contribution in [2.75, 3.05) is 13.6 Å². The Morgan fingerprint density at radius 1 is 1.48 bits per heavy atom. The summed E-state index contributed by atoms with van der Waals surface area (Å²) in [6.45, 7) is 2.34. The van der Waals surface area contributed by atoms with Crippen LogP contribution >= 0.6 is 0 Å². The first-order valence-electron chi connectivity index (χ1n) is 7.01. The SMILES string of the molecule is CCn1cc(S(=O)(=O)N(C)CC(F)F)cc1CNC1CC1. The van der Waals surface area contributed by atoms with Crippen molar-refractivity contribution in [3.8, 4) is 0 Å². The molecule has 0 radical (unpaired) electrons. The minimum Gasteiger partial charge on any atom is -0.349 e. The molecule has 0 bridgehead atoms. The van der Waals surface area contributed by atoms with Gasteiger partial charge in [-0.15, -0.1) is 0 Å². The Bertz CT molecular complexity index is 582. The molecule has 0 atom stereocenters. The molecular weight excluding hydrogens is 300 g/mol. The minimum atomic E-state index is -3.86. The van der Waals surface area contributed by atoms with E-state index in [1.807, 2.05) is 11.5 Å². The highest BCUT2D eigenvalue weighted by atomic mass is 32.2. The highest BCUT2D eigenvalue weighted by Crippen LogP contribution is 2.22. The van der Waals surface area contributed by atoms with Crippen LogP contribution in [0.2, 0.25) is 0 Å². The number of aryl methyl sites for hydroxylation is 1. The Kier molecular flexibility index (Phi) is 5.00. The van der Waals surface area contributed by atoms with Crippen molar-refractivity contribution in [2.24, 2.45) is 0 Å². The van der Waals surface area contributed by atoms with Crippen molar-refractivity contribution < 1.29 is 17.2 Å². The third-order valence-electron chi connectivity index (χ3n) is 3.55. The van der Waals surface area contributed by atoms with Crippen LogP contribution in [0.25, 0.3) is 0 Å². The molecular formula is C13H21F2N3O2S. The van der Waals surface area contributed by atoms with Crippen molar-refractivity contribution in [1.82, 2.24) is 14.2 Å². The number of nitrogens with one attached hydrogen (secondary N) is 1. The molecule has 1 saturated carbocycles. The van der Waals surface area contributed by atoms with Crippen LogP contribution in [0, 0.1) is 0 Å². The van der Waals surface area contributed by atoms with E-state index in [1.54, 1.807) is 6.07 Å². The predicted octanol–water partition coefficient (Wildman–Crippen LogP) is 1.65. The van der Waals surface area contributed by atoms with Gasteiger partial charge in [-0.05, 0) is 25.8 Å². The standard InChI is InChI=1S/C13H21F2N3O2S/c1-3-18-8-12(6-11(18)7-16-10-4-5-10)21(19,20)17(2)9-13(14)15/h6,8,10,13,16H,3-5,7,9H2,1-2H3. The predicted molar refractivity (Wildman–Crippen MR) is 75.8 cm³/mol. The van der Waals surface area contributed by atoms with Crippen LogP contribution in [0.4, 0.5) is 8.78 Å². The highest BCUT2D eigenvalue weighted by Gasteiger charge is 2.26. The van der Waals surface area contributed by atoms with Gasteiger partial charge in [0.2, 0.25) is 10.0 Å². The zero-order chi connectivity index (χ0) is 15.6. The smallest absolute Gasteiger partial charge is 0.252 e. The van der Waals surface area contributed by atoms with Gasteiger partial charge >= 0.3 is 0 Å². The van der Waals surface area contributed by atoms with Gasteiger partial charge in [-0.3, -0.25) is 0 Å². The molecule has 0 saturated heterocycles. The molecule has 1 aliphatic rings. The fourth-order valence-electron chi connectivity index (χ4n) is 2.12. The molecule has 1 heterocycles. The van der Waals surface area contributed by atoms with Gasteiger partial charge in [-0.25, -0.2) is 17.2 Å². The molecule has 120 valence electrons. The van der Waals surface area contributed by atoms with E-state index in [0.29, 0.717) is 23.4 Å². The average molecular weight is 321 g/mol. The Labute approximate surface area is 124 Å². The van der Waals surface area contributed by atoms with Gasteiger partial charge in [0.05, 0.1) is 6.54 Å². The molecule has 1 fully saturated rings. The maximum atomic E-state index is 12.4. The van der Waals surface area contributed by atoms with Crippen LogP contribution in [0.5, 0.6) is 0 Å². The van der Waals surface area contributed by atoms with Crippen molar-refractivity contribution in [2.45, 2.75) is 50.2 Å². The summed E-state index contributed by atoms with van der Waals surface area (Å²) in [6.07, 6.45) is 1.12. The fourth-order valence-corrected chi connectivity index (χ4v) is 3.33. The molecule has 21 heavy (non-hydrogen) atoms. The number of nitrogens with zero attached hydrogens (tertiary/aromatic N) is 2. The molecule has 8 heteroatoms. The van der Waals surface area contributed by atoms with Crippen LogP contribution in [-0.4, -0.2) is 43.3 Å². The van der Waals surface area contributed by atoms with E-state index >= 15 is 0 Å². The average Bonchev–Trinajstić information content (AvgIpc) is 3.13. The summed E-state index contributed by atoms with van der Waals surface area (Å²) in [5.41, 5.74) is 0.855. The number of hydrogen-bond acceptors (Lipinski definition) is 3. The first-order chi connectivity index (χ1) is 9.84. The number of halogens is 2. The Morgan fingerprint density at radius 2 is 2.14 bits per heavy atom. The second-order valence-corrected chi connectivity index (χ2v) is 7.33. The Balaban J connectivity index is 2.17. The summed E-state index contributed by atoms with van der Waals surface area (Å²) >= 11 is 0. The van der Waals surface area contributed by atoms with Crippen molar-refractivity contribution in [1.29, 1.82) is 0 Å². The molecule has 1 aromatic rings. The summed E-state index contributed by atoms with van der Waals surface area (Å²) < 4.78 is 51.8. The maximum Gasteiger partial charge on any atom is 0.252 e. The number of rotatable bonds is 8. The topological polar surface area (TPSA) is 54.3 Å². The van der Waals surface area contributed by atoms with Gasteiger partial charge in [-0.2, -0.15) is 4.31 Å². The van der Waals surface area contributed by atoms with E-state index in [0.717, 1.165) is 18.5 Å². The molecule has 2 rings (SSSR count). The van der Waals surface area contributed by atoms with Crippen LogP contribution in [0.3, 0.4) is 0 Å². The molecule has 0 aromatic carbocycles. The van der Waals surface area contributed by atoms with E-state index in [4.69, 9.17) is 0 Å². The minimum absolute atomic E-state index is 0.0695. The molecule has 0 spiro atoms. The van der Waals surface area contributed by atoms with Crippen LogP contribution in [0.1, 0.15) is 25.5 Å². The third-order valence-corrected chi connectivity index (χ3v) is 5.34. The monoisotopic (exact) mass is 321 g/mol. The van der Waals surface area contributed by atoms with Gasteiger partial charge in [0.1, 0.15) is 4.90 Å². The summed E-state index contributed by atoms with van der Waals surface area (Å²) in [5, 5.41) is 3.32. The van der Waals surface area contributed by atoms with E-state index in [2.05, 4.69) is 5.32 Å². The molecule has 1 aromatic heterocycles. The summed E-state index contributed by atoms with van der Waals surface area (Å²) in [6, 6.07) is 2.09. The number of hydrogen-bond donors (Lipinski definition) is 1. The van der Waals surface area contributed by atoms with Crippen LogP contribution in [-0.2, 0) is 23.1 Å². The summed E-state index contributed by atoms with van der Waals surface area (Å²) in [5.74, 6) is 0. The molecule has 0 unspecified atom stereocenters. The lowest BCUT2D eigenvalue weighted by molar-refractivity contribution is 0.126.